The van der Waals surface area contributed by atoms with Crippen molar-refractivity contribution in [2.45, 2.75) is 6.92 Å². The van der Waals surface area contributed by atoms with E-state index >= 15 is 0 Å². The second kappa shape index (κ2) is 6.12. The highest BCUT2D eigenvalue weighted by molar-refractivity contribution is 5.75. The number of aromatic nitrogens is 2. The summed E-state index contributed by atoms with van der Waals surface area (Å²) in [6.45, 7) is 5.28. The zero-order chi connectivity index (χ0) is 16.4. The van der Waals surface area contributed by atoms with Crippen molar-refractivity contribution in [3.05, 3.63) is 35.5 Å². The molecule has 120 valence electrons. The number of nitrogens with two attached hydrogens (primary N) is 2. The van der Waals surface area contributed by atoms with Crippen LogP contribution in [0, 0.1) is 6.92 Å². The fraction of sp³-hybridized carbons (Fsp3) is 0.312. The van der Waals surface area contributed by atoms with Crippen molar-refractivity contribution < 1.29 is 4.79 Å². The molecule has 23 heavy (non-hydrogen) atoms. The van der Waals surface area contributed by atoms with Crippen molar-refractivity contribution in [2.75, 3.05) is 47.4 Å². The number of rotatable bonds is 3. The van der Waals surface area contributed by atoms with Gasteiger partial charge in [0.1, 0.15) is 12.0 Å². The summed E-state index contributed by atoms with van der Waals surface area (Å²) >= 11 is 0. The van der Waals surface area contributed by atoms with Crippen LogP contribution in [0.25, 0.3) is 0 Å². The maximum absolute atomic E-state index is 10.7. The number of carbonyl (C=O) groups excluding carboxylic acids is 1. The lowest BCUT2D eigenvalue weighted by Gasteiger charge is -2.38. The first kappa shape index (κ1) is 15.1. The van der Waals surface area contributed by atoms with Gasteiger partial charge in [-0.15, -0.1) is 0 Å². The first-order valence-electron chi connectivity index (χ1n) is 7.53. The highest BCUT2D eigenvalue weighted by atomic mass is 16.1. The average Bonchev–Trinajstić information content (AvgIpc) is 2.55. The molecule has 0 aliphatic carbocycles. The van der Waals surface area contributed by atoms with Gasteiger partial charge >= 0.3 is 0 Å². The van der Waals surface area contributed by atoms with Crippen LogP contribution in [0.15, 0.2) is 24.3 Å². The van der Waals surface area contributed by atoms with Crippen LogP contribution in [0.2, 0.25) is 0 Å². The molecule has 0 saturated carbocycles. The smallest absolute Gasteiger partial charge is 0.222 e. The molecule has 3 rings (SSSR count). The standard InChI is InChI=1S/C16H20N6O/c1-11-14(15(17)20-16(18)19-11)22-8-6-21(7-9-22)13-4-2-12(10-23)3-5-13/h2-5,10H,6-9H2,1H3,(H4,17,18,19,20). The Morgan fingerprint density at radius 3 is 2.17 bits per heavy atom. The largest absolute Gasteiger partial charge is 0.382 e. The summed E-state index contributed by atoms with van der Waals surface area (Å²) in [5.41, 5.74) is 15.1. The lowest BCUT2D eigenvalue weighted by Crippen LogP contribution is -2.47. The Kier molecular flexibility index (Phi) is 4.01. The molecule has 0 atom stereocenters. The van der Waals surface area contributed by atoms with Crippen molar-refractivity contribution >= 4 is 29.4 Å². The van der Waals surface area contributed by atoms with Crippen molar-refractivity contribution in [1.82, 2.24) is 9.97 Å². The zero-order valence-electron chi connectivity index (χ0n) is 13.1. The normalized spacial score (nSPS) is 14.8. The molecule has 1 aliphatic heterocycles. The number of aldehydes is 1. The molecule has 0 bridgehead atoms. The third kappa shape index (κ3) is 3.03. The number of aryl methyl sites for hydroxylation is 1. The topological polar surface area (TPSA) is 101 Å². The fourth-order valence-electron chi connectivity index (χ4n) is 2.95. The van der Waals surface area contributed by atoms with Crippen LogP contribution in [0.1, 0.15) is 16.1 Å². The summed E-state index contributed by atoms with van der Waals surface area (Å²) in [5, 5.41) is 0. The minimum absolute atomic E-state index is 0.206. The van der Waals surface area contributed by atoms with Gasteiger partial charge in [-0.25, -0.2) is 4.98 Å². The van der Waals surface area contributed by atoms with E-state index in [2.05, 4.69) is 19.8 Å². The van der Waals surface area contributed by atoms with Gasteiger partial charge < -0.3 is 21.3 Å². The number of nitrogens with zero attached hydrogens (tertiary/aromatic N) is 4. The van der Waals surface area contributed by atoms with E-state index in [4.69, 9.17) is 11.5 Å². The number of carbonyl (C=O) groups is 1. The van der Waals surface area contributed by atoms with E-state index in [1.54, 1.807) is 0 Å². The third-order valence-electron chi connectivity index (χ3n) is 4.09. The molecule has 1 fully saturated rings. The number of hydrogen-bond donors (Lipinski definition) is 2. The average molecular weight is 312 g/mol. The molecule has 0 spiro atoms. The van der Waals surface area contributed by atoms with E-state index in [0.717, 1.165) is 49.5 Å². The Bertz CT molecular complexity index is 684. The highest BCUT2D eigenvalue weighted by Gasteiger charge is 2.21. The van der Waals surface area contributed by atoms with E-state index in [9.17, 15) is 4.79 Å². The maximum Gasteiger partial charge on any atom is 0.222 e. The molecule has 0 amide bonds. The van der Waals surface area contributed by atoms with Crippen LogP contribution in [-0.2, 0) is 0 Å². The highest BCUT2D eigenvalue weighted by Crippen LogP contribution is 2.27. The first-order valence-corrected chi connectivity index (χ1v) is 7.53. The second-order valence-electron chi connectivity index (χ2n) is 5.58. The predicted molar refractivity (Wildman–Crippen MR) is 91.8 cm³/mol. The van der Waals surface area contributed by atoms with Crippen LogP contribution >= 0.6 is 0 Å². The third-order valence-corrected chi connectivity index (χ3v) is 4.09. The van der Waals surface area contributed by atoms with Crippen LogP contribution in [0.4, 0.5) is 23.1 Å². The quantitative estimate of drug-likeness (QED) is 0.818. The maximum atomic E-state index is 10.7. The van der Waals surface area contributed by atoms with Crippen LogP contribution < -0.4 is 21.3 Å². The predicted octanol–water partition coefficient (Wildman–Crippen LogP) is 1.09. The number of benzene rings is 1. The van der Waals surface area contributed by atoms with Gasteiger partial charge in [-0.3, -0.25) is 4.79 Å². The van der Waals surface area contributed by atoms with Gasteiger partial charge in [0.2, 0.25) is 5.95 Å². The zero-order valence-corrected chi connectivity index (χ0v) is 13.1. The fourth-order valence-corrected chi connectivity index (χ4v) is 2.95. The first-order chi connectivity index (χ1) is 11.1. The number of piperazine rings is 1. The van der Waals surface area contributed by atoms with Crippen molar-refractivity contribution in [1.29, 1.82) is 0 Å². The molecule has 0 unspecified atom stereocenters. The minimum Gasteiger partial charge on any atom is -0.382 e. The van der Waals surface area contributed by atoms with Crippen LogP contribution in [-0.4, -0.2) is 42.4 Å². The molecule has 1 aliphatic rings. The SMILES string of the molecule is Cc1nc(N)nc(N)c1N1CCN(c2ccc(C=O)cc2)CC1. The Balaban J connectivity index is 1.72. The lowest BCUT2D eigenvalue weighted by atomic mass is 10.2. The molecule has 2 aromatic rings. The van der Waals surface area contributed by atoms with Crippen molar-refractivity contribution in [2.24, 2.45) is 0 Å². The summed E-state index contributed by atoms with van der Waals surface area (Å²) in [7, 11) is 0. The number of hydrogen-bond acceptors (Lipinski definition) is 7. The minimum atomic E-state index is 0.206. The Labute approximate surface area is 134 Å². The van der Waals surface area contributed by atoms with Crippen LogP contribution in [0.3, 0.4) is 0 Å². The van der Waals surface area contributed by atoms with Gasteiger partial charge in [0.05, 0.1) is 5.69 Å². The molecule has 1 aromatic carbocycles. The van der Waals surface area contributed by atoms with Gasteiger partial charge in [0.25, 0.3) is 0 Å². The van der Waals surface area contributed by atoms with Gasteiger partial charge in [-0.1, -0.05) is 0 Å². The molecule has 7 nitrogen and oxygen atoms in total. The van der Waals surface area contributed by atoms with E-state index in [1.807, 2.05) is 31.2 Å². The van der Waals surface area contributed by atoms with E-state index in [0.29, 0.717) is 11.4 Å². The Morgan fingerprint density at radius 1 is 1.00 bits per heavy atom. The number of anilines is 4. The molecule has 0 radical (unpaired) electrons. The Morgan fingerprint density at radius 2 is 1.61 bits per heavy atom. The van der Waals surface area contributed by atoms with Gasteiger partial charge in [0.15, 0.2) is 5.82 Å². The molecular weight excluding hydrogens is 292 g/mol. The van der Waals surface area contributed by atoms with Crippen LogP contribution in [0.5, 0.6) is 0 Å². The van der Waals surface area contributed by atoms with Gasteiger partial charge in [-0.2, -0.15) is 4.98 Å². The van der Waals surface area contributed by atoms with E-state index in [-0.39, 0.29) is 5.95 Å². The van der Waals surface area contributed by atoms with E-state index < -0.39 is 0 Å². The van der Waals surface area contributed by atoms with Gasteiger partial charge in [-0.05, 0) is 31.2 Å². The molecule has 4 N–H and O–H groups in total. The molecular formula is C16H20N6O. The summed E-state index contributed by atoms with van der Waals surface area (Å²) in [6, 6.07) is 7.63. The molecule has 7 heteroatoms. The summed E-state index contributed by atoms with van der Waals surface area (Å²) in [4.78, 5) is 23.5. The summed E-state index contributed by atoms with van der Waals surface area (Å²) in [5.74, 6) is 0.636. The summed E-state index contributed by atoms with van der Waals surface area (Å²) < 4.78 is 0. The monoisotopic (exact) mass is 312 g/mol. The molecule has 1 aromatic heterocycles. The summed E-state index contributed by atoms with van der Waals surface area (Å²) in [6.07, 6.45) is 0.856. The molecule has 2 heterocycles. The van der Waals surface area contributed by atoms with Crippen molar-refractivity contribution in [3.63, 3.8) is 0 Å². The Hall–Kier alpha value is -2.83. The molecule has 1 saturated heterocycles. The van der Waals surface area contributed by atoms with Crippen molar-refractivity contribution in [3.8, 4) is 0 Å². The lowest BCUT2D eigenvalue weighted by molar-refractivity contribution is 0.112. The second-order valence-corrected chi connectivity index (χ2v) is 5.58. The van der Waals surface area contributed by atoms with E-state index in [1.165, 1.54) is 0 Å². The number of nitrogen functional groups attached to an aromatic ring is 2. The van der Waals surface area contributed by atoms with Gasteiger partial charge in [0, 0.05) is 37.4 Å².